The molecule has 4 heteroatoms. The number of ether oxygens (including phenoxy) is 1. The lowest BCUT2D eigenvalue weighted by Crippen LogP contribution is -2.66. The molecule has 0 saturated heterocycles. The Bertz CT molecular complexity index is 1020. The molecule has 0 radical (unpaired) electrons. The first-order valence-electron chi connectivity index (χ1n) is 14.8. The van der Waals surface area contributed by atoms with Gasteiger partial charge in [0.25, 0.3) is 0 Å². The van der Waals surface area contributed by atoms with Crippen molar-refractivity contribution in [2.24, 2.45) is 50.2 Å². The number of fused-ring (bicyclic) bond motifs is 7. The van der Waals surface area contributed by atoms with Gasteiger partial charge in [-0.3, -0.25) is 4.79 Å². The Morgan fingerprint density at radius 3 is 2.41 bits per heavy atom. The molecule has 206 valence electrons. The number of carbonyl (C=O) groups excluding carboxylic acids is 1. The number of hydrogen-bond acceptors (Lipinski definition) is 4. The molecule has 0 aliphatic heterocycles. The van der Waals surface area contributed by atoms with Gasteiger partial charge in [-0.25, -0.2) is 0 Å². The van der Waals surface area contributed by atoms with Crippen molar-refractivity contribution in [3.05, 3.63) is 11.6 Å². The molecule has 0 spiro atoms. The van der Waals surface area contributed by atoms with E-state index in [1.165, 1.54) is 5.57 Å². The molecule has 9 unspecified atom stereocenters. The molecule has 5 aliphatic rings. The predicted octanol–water partition coefficient (Wildman–Crippen LogP) is 6.30. The first-order valence-corrected chi connectivity index (χ1v) is 14.8. The zero-order valence-corrected chi connectivity index (χ0v) is 24.2. The molecule has 4 fully saturated rings. The van der Waals surface area contributed by atoms with Crippen LogP contribution in [-0.2, 0) is 9.53 Å². The van der Waals surface area contributed by atoms with E-state index in [2.05, 4.69) is 53.5 Å². The average molecular weight is 511 g/mol. The molecule has 5 aliphatic carbocycles. The fourth-order valence-corrected chi connectivity index (χ4v) is 10.9. The Morgan fingerprint density at radius 1 is 1.03 bits per heavy atom. The zero-order chi connectivity index (χ0) is 27.1. The van der Waals surface area contributed by atoms with Crippen molar-refractivity contribution in [2.45, 2.75) is 112 Å². The van der Waals surface area contributed by atoms with E-state index < -0.39 is 16.9 Å². The molecular weight excluding hydrogens is 460 g/mol. The second kappa shape index (κ2) is 8.59. The summed E-state index contributed by atoms with van der Waals surface area (Å²) in [5.74, 6) is 3.46. The Morgan fingerprint density at radius 2 is 1.73 bits per heavy atom. The highest BCUT2D eigenvalue weighted by Gasteiger charge is 2.69. The largest absolute Gasteiger partial charge is 0.452 e. The Balaban J connectivity index is 1.57. The van der Waals surface area contributed by atoms with Gasteiger partial charge in [-0.2, -0.15) is 0 Å². The lowest BCUT2D eigenvalue weighted by Gasteiger charge is -2.71. The zero-order valence-electron chi connectivity index (χ0n) is 24.2. The molecule has 5 rings (SSSR count). The van der Waals surface area contributed by atoms with Gasteiger partial charge in [0.1, 0.15) is 0 Å². The maximum atomic E-state index is 13.6. The lowest BCUT2D eigenvalue weighted by atomic mass is 9.33. The minimum atomic E-state index is -0.452. The van der Waals surface area contributed by atoms with E-state index in [9.17, 15) is 15.0 Å². The fraction of sp³-hybridized carbons (Fsp3) is 0.848. The summed E-state index contributed by atoms with van der Waals surface area (Å²) in [4.78, 5) is 13.6. The lowest BCUT2D eigenvalue weighted by molar-refractivity contribution is -0.217. The van der Waals surface area contributed by atoms with Gasteiger partial charge in [0.05, 0.1) is 18.1 Å². The summed E-state index contributed by atoms with van der Waals surface area (Å²) in [7, 11) is 0. The minimum Gasteiger partial charge on any atom is -0.452 e. The van der Waals surface area contributed by atoms with E-state index in [0.29, 0.717) is 11.8 Å². The van der Waals surface area contributed by atoms with Crippen LogP contribution in [0.3, 0.4) is 0 Å². The van der Waals surface area contributed by atoms with Gasteiger partial charge in [0.2, 0.25) is 0 Å². The normalized spacial score (nSPS) is 50.3. The van der Waals surface area contributed by atoms with E-state index in [1.807, 2.05) is 0 Å². The molecule has 0 bridgehead atoms. The molecule has 0 heterocycles. The number of allylic oxidation sites excluding steroid dienone is 2. The van der Waals surface area contributed by atoms with E-state index in [-0.39, 0.29) is 46.8 Å². The van der Waals surface area contributed by atoms with Gasteiger partial charge >= 0.3 is 5.97 Å². The van der Waals surface area contributed by atoms with Crippen LogP contribution in [0, 0.1) is 62.6 Å². The van der Waals surface area contributed by atoms with E-state index in [0.717, 1.165) is 64.2 Å². The summed E-state index contributed by atoms with van der Waals surface area (Å²) in [5, 5.41) is 21.4. The van der Waals surface area contributed by atoms with Crippen LogP contribution in [0.5, 0.6) is 0 Å². The Kier molecular flexibility index (Phi) is 6.33. The molecule has 9 atom stereocenters. The van der Waals surface area contributed by atoms with Crippen molar-refractivity contribution in [1.82, 2.24) is 0 Å². The average Bonchev–Trinajstić information content (AvgIpc) is 2.85. The third-order valence-corrected chi connectivity index (χ3v) is 13.5. The van der Waals surface area contributed by atoms with Gasteiger partial charge in [-0.05, 0) is 104 Å². The maximum Gasteiger partial charge on any atom is 0.313 e. The second-order valence-corrected chi connectivity index (χ2v) is 15.4. The number of aliphatic hydroxyl groups excluding tert-OH is 2. The number of rotatable bonds is 3. The summed E-state index contributed by atoms with van der Waals surface area (Å²) in [6, 6.07) is 0. The quantitative estimate of drug-likeness (QED) is 0.266. The SMILES string of the molecule is C#CCOC(=O)C12CCC(C)(C)CC1C1=CCC3C4(C)CCC(O)C(C)(CO)C4CCC3(C)C1(C)CC2. The van der Waals surface area contributed by atoms with E-state index in [4.69, 9.17) is 11.2 Å². The smallest absolute Gasteiger partial charge is 0.313 e. The van der Waals surface area contributed by atoms with Crippen molar-refractivity contribution < 1.29 is 19.7 Å². The molecule has 0 aromatic carbocycles. The predicted molar refractivity (Wildman–Crippen MR) is 146 cm³/mol. The van der Waals surface area contributed by atoms with Crippen LogP contribution >= 0.6 is 0 Å². The Hall–Kier alpha value is -1.31. The van der Waals surface area contributed by atoms with Crippen LogP contribution < -0.4 is 0 Å². The topological polar surface area (TPSA) is 66.8 Å². The van der Waals surface area contributed by atoms with Crippen molar-refractivity contribution in [2.75, 3.05) is 13.2 Å². The monoisotopic (exact) mass is 510 g/mol. The minimum absolute atomic E-state index is 0.0313. The molecular formula is C33H50O4. The van der Waals surface area contributed by atoms with Crippen LogP contribution in [0.1, 0.15) is 106 Å². The summed E-state index contributed by atoms with van der Waals surface area (Å²) in [5.41, 5.74) is 1.07. The van der Waals surface area contributed by atoms with Crippen LogP contribution in [0.4, 0.5) is 0 Å². The van der Waals surface area contributed by atoms with Gasteiger partial charge in [-0.15, -0.1) is 6.42 Å². The van der Waals surface area contributed by atoms with E-state index >= 15 is 0 Å². The van der Waals surface area contributed by atoms with Crippen LogP contribution in [0.25, 0.3) is 0 Å². The number of aliphatic hydroxyl groups is 2. The third kappa shape index (κ3) is 3.52. The van der Waals surface area contributed by atoms with Crippen LogP contribution in [-0.4, -0.2) is 35.5 Å². The summed E-state index contributed by atoms with van der Waals surface area (Å²) < 4.78 is 5.69. The molecule has 0 aromatic heterocycles. The van der Waals surface area contributed by atoms with Gasteiger partial charge in [0.15, 0.2) is 6.61 Å². The van der Waals surface area contributed by atoms with Crippen LogP contribution in [0.15, 0.2) is 11.6 Å². The highest BCUT2D eigenvalue weighted by molar-refractivity contribution is 5.79. The molecule has 37 heavy (non-hydrogen) atoms. The fourth-order valence-electron chi connectivity index (χ4n) is 10.9. The molecule has 4 saturated carbocycles. The number of hydrogen-bond donors (Lipinski definition) is 2. The standard InChI is InChI=1S/C33H50O4/c1-8-19-37-27(36)33-17-15-28(2,3)20-23(33)22-9-10-25-29(4)13-12-26(35)30(5,21-34)24(29)11-14-32(25,7)31(22,6)16-18-33/h1,9,23-26,34-35H,10-21H2,2-7H3. The van der Waals surface area contributed by atoms with E-state index in [1.54, 1.807) is 0 Å². The molecule has 0 aromatic rings. The highest BCUT2D eigenvalue weighted by atomic mass is 16.5. The second-order valence-electron chi connectivity index (χ2n) is 15.4. The van der Waals surface area contributed by atoms with Crippen LogP contribution in [0.2, 0.25) is 0 Å². The first kappa shape index (κ1) is 27.3. The number of carbonyl (C=O) groups is 1. The van der Waals surface area contributed by atoms with Gasteiger partial charge < -0.3 is 14.9 Å². The van der Waals surface area contributed by atoms with Crippen molar-refractivity contribution in [3.63, 3.8) is 0 Å². The number of esters is 1. The summed E-state index contributed by atoms with van der Waals surface area (Å²) in [6.45, 7) is 14.5. The number of terminal acetylenes is 1. The molecule has 0 amide bonds. The first-order chi connectivity index (χ1) is 17.2. The van der Waals surface area contributed by atoms with Crippen molar-refractivity contribution in [3.8, 4) is 12.3 Å². The summed E-state index contributed by atoms with van der Waals surface area (Å²) in [6.07, 6.45) is 17.4. The van der Waals surface area contributed by atoms with Crippen molar-refractivity contribution in [1.29, 1.82) is 0 Å². The molecule has 4 nitrogen and oxygen atoms in total. The highest BCUT2D eigenvalue weighted by Crippen LogP contribution is 2.75. The maximum absolute atomic E-state index is 13.6. The molecule has 2 N–H and O–H groups in total. The van der Waals surface area contributed by atoms with Gasteiger partial charge in [-0.1, -0.05) is 59.1 Å². The third-order valence-electron chi connectivity index (χ3n) is 13.5. The summed E-state index contributed by atoms with van der Waals surface area (Å²) >= 11 is 0. The van der Waals surface area contributed by atoms with Crippen molar-refractivity contribution >= 4 is 5.97 Å². The van der Waals surface area contributed by atoms with Gasteiger partial charge in [0, 0.05) is 5.41 Å². The Labute approximate surface area is 225 Å².